The predicted octanol–water partition coefficient (Wildman–Crippen LogP) is 5.34. The molecule has 4 heteroatoms. The van der Waals surface area contributed by atoms with Crippen LogP contribution in [0.5, 0.6) is 0 Å². The summed E-state index contributed by atoms with van der Waals surface area (Å²) in [6, 6.07) is 14.8. The maximum absolute atomic E-state index is 13.3. The van der Waals surface area contributed by atoms with Crippen LogP contribution in [0.3, 0.4) is 0 Å². The second-order valence-electron chi connectivity index (χ2n) is 8.24. The van der Waals surface area contributed by atoms with Crippen LogP contribution in [0, 0.1) is 5.82 Å². The maximum atomic E-state index is 13.3. The van der Waals surface area contributed by atoms with E-state index in [2.05, 4.69) is 12.1 Å². The summed E-state index contributed by atoms with van der Waals surface area (Å²) in [4.78, 5) is 4.78. The number of para-hydroxylation sites is 1. The molecule has 1 aliphatic carbocycles. The number of halogens is 1. The first-order chi connectivity index (χ1) is 14.1. The standard InChI is InChI=1S/C25H25FN2O/c26-22-7-5-18(6-8-22)24-14-19-13-21-10-12-29-25(21,15-20(19)16-28-24)11-9-17-3-1-2-4-23(17)27/h1-8,13,16,24H,9-12,14-15,27H2. The summed E-state index contributed by atoms with van der Waals surface area (Å²) in [6.45, 7) is 0.773. The molecular weight excluding hydrogens is 363 g/mol. The molecule has 0 radical (unpaired) electrons. The number of nitrogen functional groups attached to an aromatic ring is 1. The Hall–Kier alpha value is -2.72. The number of dihydropyridines is 1. The summed E-state index contributed by atoms with van der Waals surface area (Å²) < 4.78 is 19.6. The van der Waals surface area contributed by atoms with Crippen molar-refractivity contribution in [1.29, 1.82) is 0 Å². The zero-order valence-electron chi connectivity index (χ0n) is 16.4. The average molecular weight is 388 g/mol. The van der Waals surface area contributed by atoms with Crippen molar-refractivity contribution in [1.82, 2.24) is 0 Å². The van der Waals surface area contributed by atoms with E-state index in [1.165, 1.54) is 34.4 Å². The molecule has 2 heterocycles. The Morgan fingerprint density at radius 2 is 1.93 bits per heavy atom. The first kappa shape index (κ1) is 18.3. The lowest BCUT2D eigenvalue weighted by atomic mass is 9.75. The van der Waals surface area contributed by atoms with E-state index in [0.29, 0.717) is 0 Å². The largest absolute Gasteiger partial charge is 0.399 e. The van der Waals surface area contributed by atoms with E-state index in [0.717, 1.165) is 50.0 Å². The van der Waals surface area contributed by atoms with E-state index >= 15 is 0 Å². The number of rotatable bonds is 4. The van der Waals surface area contributed by atoms with E-state index in [-0.39, 0.29) is 17.5 Å². The third-order valence-electron chi connectivity index (χ3n) is 6.50. The maximum Gasteiger partial charge on any atom is 0.123 e. The van der Waals surface area contributed by atoms with Crippen LogP contribution in [0.4, 0.5) is 10.1 Å². The van der Waals surface area contributed by atoms with Crippen LogP contribution in [0.1, 0.15) is 42.9 Å². The summed E-state index contributed by atoms with van der Waals surface area (Å²) in [7, 11) is 0. The third-order valence-corrected chi connectivity index (χ3v) is 6.50. The summed E-state index contributed by atoms with van der Waals surface area (Å²) in [6.07, 6.45) is 8.92. The van der Waals surface area contributed by atoms with E-state index in [1.807, 2.05) is 36.5 Å². The molecule has 0 aromatic heterocycles. The van der Waals surface area contributed by atoms with E-state index in [1.54, 1.807) is 0 Å². The van der Waals surface area contributed by atoms with Gasteiger partial charge in [-0.1, -0.05) is 36.4 Å². The van der Waals surface area contributed by atoms with Gasteiger partial charge in [0.15, 0.2) is 0 Å². The number of anilines is 1. The van der Waals surface area contributed by atoms with Crippen molar-refractivity contribution in [2.45, 2.75) is 43.7 Å². The minimum absolute atomic E-state index is 0.0603. The Balaban J connectivity index is 1.36. The number of hydrogen-bond donors (Lipinski definition) is 1. The lowest BCUT2D eigenvalue weighted by molar-refractivity contribution is 0.0179. The molecule has 29 heavy (non-hydrogen) atoms. The van der Waals surface area contributed by atoms with Crippen LogP contribution in [0.15, 0.2) is 76.3 Å². The highest BCUT2D eigenvalue weighted by Crippen LogP contribution is 2.47. The van der Waals surface area contributed by atoms with Gasteiger partial charge in [0, 0.05) is 18.3 Å². The number of aryl methyl sites for hydroxylation is 1. The van der Waals surface area contributed by atoms with Gasteiger partial charge in [0.1, 0.15) is 5.82 Å². The monoisotopic (exact) mass is 388 g/mol. The summed E-state index contributed by atoms with van der Waals surface area (Å²) in [5.41, 5.74) is 13.0. The first-order valence-corrected chi connectivity index (χ1v) is 10.3. The van der Waals surface area contributed by atoms with Crippen LogP contribution in [0.2, 0.25) is 0 Å². The molecule has 2 aromatic carbocycles. The van der Waals surface area contributed by atoms with Crippen molar-refractivity contribution >= 4 is 11.9 Å². The van der Waals surface area contributed by atoms with Gasteiger partial charge in [0.2, 0.25) is 0 Å². The number of fused-ring (bicyclic) bond motifs is 1. The van der Waals surface area contributed by atoms with Crippen LogP contribution in [0.25, 0.3) is 0 Å². The van der Waals surface area contributed by atoms with E-state index in [9.17, 15) is 4.39 Å². The Morgan fingerprint density at radius 3 is 2.76 bits per heavy atom. The van der Waals surface area contributed by atoms with Gasteiger partial charge in [-0.05, 0) is 71.7 Å². The first-order valence-electron chi connectivity index (χ1n) is 10.3. The van der Waals surface area contributed by atoms with Crippen molar-refractivity contribution in [2.24, 2.45) is 4.99 Å². The van der Waals surface area contributed by atoms with Gasteiger partial charge in [-0.25, -0.2) is 4.39 Å². The SMILES string of the molecule is Nc1ccccc1CCC12CC3=C(C=C1CCO2)CC(c1ccc(F)cc1)N=C3. The quantitative estimate of drug-likeness (QED) is 0.719. The van der Waals surface area contributed by atoms with Crippen molar-refractivity contribution in [3.8, 4) is 0 Å². The lowest BCUT2D eigenvalue weighted by Crippen LogP contribution is -2.34. The van der Waals surface area contributed by atoms with Gasteiger partial charge in [0.25, 0.3) is 0 Å². The lowest BCUT2D eigenvalue weighted by Gasteiger charge is -2.36. The zero-order valence-corrected chi connectivity index (χ0v) is 16.4. The number of hydrogen-bond acceptors (Lipinski definition) is 3. The third kappa shape index (κ3) is 3.42. The minimum atomic E-state index is -0.226. The molecule has 2 N–H and O–H groups in total. The van der Waals surface area contributed by atoms with Crippen LogP contribution >= 0.6 is 0 Å². The van der Waals surface area contributed by atoms with E-state index in [4.69, 9.17) is 15.5 Å². The molecule has 2 aromatic rings. The minimum Gasteiger partial charge on any atom is -0.399 e. The number of nitrogens with two attached hydrogens (primary N) is 1. The number of ether oxygens (including phenoxy) is 1. The van der Waals surface area contributed by atoms with Crippen molar-refractivity contribution < 1.29 is 9.13 Å². The Morgan fingerprint density at radius 1 is 1.10 bits per heavy atom. The molecule has 2 atom stereocenters. The van der Waals surface area contributed by atoms with Crippen molar-refractivity contribution in [3.63, 3.8) is 0 Å². The second kappa shape index (κ2) is 7.27. The molecule has 1 fully saturated rings. The highest BCUT2D eigenvalue weighted by atomic mass is 19.1. The van der Waals surface area contributed by atoms with Gasteiger partial charge in [-0.15, -0.1) is 0 Å². The van der Waals surface area contributed by atoms with Gasteiger partial charge in [-0.2, -0.15) is 0 Å². The van der Waals surface area contributed by atoms with Crippen molar-refractivity contribution in [3.05, 3.63) is 88.3 Å². The van der Waals surface area contributed by atoms with Gasteiger partial charge in [-0.3, -0.25) is 4.99 Å². The van der Waals surface area contributed by atoms with Gasteiger partial charge in [0.05, 0.1) is 18.2 Å². The molecule has 2 unspecified atom stereocenters. The van der Waals surface area contributed by atoms with Gasteiger partial charge < -0.3 is 10.5 Å². The van der Waals surface area contributed by atoms with Crippen LogP contribution in [-0.2, 0) is 11.2 Å². The normalized spacial score (nSPS) is 25.6. The highest BCUT2D eigenvalue weighted by molar-refractivity contribution is 5.83. The number of allylic oxidation sites excluding steroid dienone is 1. The highest BCUT2D eigenvalue weighted by Gasteiger charge is 2.43. The molecule has 0 spiro atoms. The fraction of sp³-hybridized carbons (Fsp3) is 0.320. The fourth-order valence-electron chi connectivity index (χ4n) is 4.84. The molecule has 2 aliphatic heterocycles. The summed E-state index contributed by atoms with van der Waals surface area (Å²) in [5.74, 6) is -0.208. The molecule has 0 saturated carbocycles. The molecule has 0 bridgehead atoms. The predicted molar refractivity (Wildman–Crippen MR) is 114 cm³/mol. The number of aliphatic imine (C=N–C) groups is 1. The molecule has 3 aliphatic rings. The van der Waals surface area contributed by atoms with E-state index < -0.39 is 0 Å². The zero-order chi connectivity index (χ0) is 19.8. The van der Waals surface area contributed by atoms with Gasteiger partial charge >= 0.3 is 0 Å². The second-order valence-corrected chi connectivity index (χ2v) is 8.24. The summed E-state index contributed by atoms with van der Waals surface area (Å²) >= 11 is 0. The van der Waals surface area contributed by atoms with Crippen LogP contribution < -0.4 is 5.73 Å². The molecule has 0 amide bonds. The smallest absolute Gasteiger partial charge is 0.123 e. The topological polar surface area (TPSA) is 47.6 Å². The molecule has 148 valence electrons. The number of nitrogens with zero attached hydrogens (tertiary/aromatic N) is 1. The van der Waals surface area contributed by atoms with Crippen molar-refractivity contribution in [2.75, 3.05) is 12.3 Å². The molecule has 3 nitrogen and oxygen atoms in total. The average Bonchev–Trinajstić information content (AvgIpc) is 3.14. The Kier molecular flexibility index (Phi) is 4.59. The number of benzene rings is 2. The summed E-state index contributed by atoms with van der Waals surface area (Å²) in [5, 5.41) is 0. The van der Waals surface area contributed by atoms with Crippen LogP contribution in [-0.4, -0.2) is 18.4 Å². The molecule has 1 saturated heterocycles. The Bertz CT molecular complexity index is 1020. The Labute approximate surface area is 170 Å². The molecular formula is C25H25FN2O. The fourth-order valence-corrected chi connectivity index (χ4v) is 4.84. The molecule has 5 rings (SSSR count).